The number of nitrogens with zero attached hydrogens (tertiary/aromatic N) is 2. The summed E-state index contributed by atoms with van der Waals surface area (Å²) in [6.45, 7) is 0.456. The number of hydrogen-bond acceptors (Lipinski definition) is 5. The number of carbonyl (C=O) groups excluding carboxylic acids is 2. The van der Waals surface area contributed by atoms with Crippen LogP contribution < -0.4 is 5.73 Å². The lowest BCUT2D eigenvalue weighted by Crippen LogP contribution is -2.47. The van der Waals surface area contributed by atoms with Crippen molar-refractivity contribution in [2.45, 2.75) is 17.1 Å². The Morgan fingerprint density at radius 2 is 2.17 bits per heavy atom. The molecule has 1 aromatic heterocycles. The standard InChI is InChI=1S/C13H18ClN3O4S2/c1-16(23(20,21)12-5-4-10(14)22-12)8-11(18)17-6-2-3-9(7-17)13(15)19/h4-5,9H,2-3,6-8H2,1H3,(H2,15,19)/t9-/m0/s1. The molecule has 10 heteroatoms. The topological polar surface area (TPSA) is 101 Å². The molecule has 1 fully saturated rings. The Morgan fingerprint density at radius 3 is 2.74 bits per heavy atom. The average molecular weight is 380 g/mol. The second-order valence-corrected chi connectivity index (χ2v) is 9.39. The number of halogens is 1. The number of sulfonamides is 1. The van der Waals surface area contributed by atoms with Crippen molar-refractivity contribution in [3.8, 4) is 0 Å². The van der Waals surface area contributed by atoms with Gasteiger partial charge in [0.2, 0.25) is 11.8 Å². The van der Waals surface area contributed by atoms with E-state index in [9.17, 15) is 18.0 Å². The Bertz CT molecular complexity index is 704. The number of primary amides is 1. The van der Waals surface area contributed by atoms with Crippen LogP contribution in [0.2, 0.25) is 4.34 Å². The number of likely N-dealkylation sites (tertiary alicyclic amines) is 1. The molecule has 0 saturated carbocycles. The number of hydrogen-bond donors (Lipinski definition) is 1. The first kappa shape index (κ1) is 18.2. The van der Waals surface area contributed by atoms with E-state index < -0.39 is 15.9 Å². The van der Waals surface area contributed by atoms with Crippen molar-refractivity contribution < 1.29 is 18.0 Å². The molecule has 1 aliphatic heterocycles. The lowest BCUT2D eigenvalue weighted by atomic mass is 9.97. The molecule has 0 spiro atoms. The molecule has 2 N–H and O–H groups in total. The predicted octanol–water partition coefficient (Wildman–Crippen LogP) is 0.746. The normalized spacial score (nSPS) is 19.1. The first-order chi connectivity index (χ1) is 10.7. The van der Waals surface area contributed by atoms with E-state index >= 15 is 0 Å². The molecule has 0 aromatic carbocycles. The fraction of sp³-hybridized carbons (Fsp3) is 0.538. The molecular weight excluding hydrogens is 362 g/mol. The SMILES string of the molecule is CN(CC(=O)N1CCC[C@H](C(N)=O)C1)S(=O)(=O)c1ccc(Cl)s1. The molecule has 0 radical (unpaired) electrons. The Morgan fingerprint density at radius 1 is 1.48 bits per heavy atom. The Balaban J connectivity index is 2.03. The van der Waals surface area contributed by atoms with Crippen LogP contribution in [0.5, 0.6) is 0 Å². The van der Waals surface area contributed by atoms with Gasteiger partial charge in [-0.05, 0) is 25.0 Å². The second-order valence-electron chi connectivity index (χ2n) is 5.40. The van der Waals surface area contributed by atoms with Gasteiger partial charge in [-0.2, -0.15) is 4.31 Å². The lowest BCUT2D eigenvalue weighted by Gasteiger charge is -2.32. The van der Waals surface area contributed by atoms with E-state index in [1.165, 1.54) is 24.1 Å². The largest absolute Gasteiger partial charge is 0.369 e. The summed E-state index contributed by atoms with van der Waals surface area (Å²) >= 11 is 6.70. The summed E-state index contributed by atoms with van der Waals surface area (Å²) in [6.07, 6.45) is 1.33. The smallest absolute Gasteiger partial charge is 0.252 e. The first-order valence-corrected chi connectivity index (χ1v) is 9.64. The van der Waals surface area contributed by atoms with Gasteiger partial charge in [-0.1, -0.05) is 11.6 Å². The summed E-state index contributed by atoms with van der Waals surface area (Å²) in [7, 11) is -2.41. The van der Waals surface area contributed by atoms with Crippen LogP contribution in [0.4, 0.5) is 0 Å². The van der Waals surface area contributed by atoms with Gasteiger partial charge in [-0.25, -0.2) is 8.42 Å². The van der Waals surface area contributed by atoms with Gasteiger partial charge < -0.3 is 10.6 Å². The highest BCUT2D eigenvalue weighted by atomic mass is 35.5. The maximum atomic E-state index is 12.4. The monoisotopic (exact) mass is 379 g/mol. The summed E-state index contributed by atoms with van der Waals surface area (Å²) in [5.41, 5.74) is 5.28. The third-order valence-electron chi connectivity index (χ3n) is 3.75. The highest BCUT2D eigenvalue weighted by Gasteiger charge is 2.30. The molecule has 0 aliphatic carbocycles. The number of thiophene rings is 1. The molecule has 0 bridgehead atoms. The van der Waals surface area contributed by atoms with Crippen molar-refractivity contribution in [3.05, 3.63) is 16.5 Å². The van der Waals surface area contributed by atoms with Crippen LogP contribution in [0, 0.1) is 5.92 Å². The van der Waals surface area contributed by atoms with E-state index in [0.29, 0.717) is 23.7 Å². The predicted molar refractivity (Wildman–Crippen MR) is 87.6 cm³/mol. The summed E-state index contributed by atoms with van der Waals surface area (Å²) in [5, 5.41) is 0. The highest BCUT2D eigenvalue weighted by molar-refractivity contribution is 7.91. The van der Waals surface area contributed by atoms with Crippen LogP contribution >= 0.6 is 22.9 Å². The van der Waals surface area contributed by atoms with Gasteiger partial charge in [-0.3, -0.25) is 9.59 Å². The van der Waals surface area contributed by atoms with E-state index in [1.54, 1.807) is 0 Å². The summed E-state index contributed by atoms with van der Waals surface area (Å²) in [5.74, 6) is -1.15. The Kier molecular flexibility index (Phi) is 5.66. The van der Waals surface area contributed by atoms with Crippen LogP contribution in [0.15, 0.2) is 16.3 Å². The van der Waals surface area contributed by atoms with Crippen molar-refractivity contribution in [2.75, 3.05) is 26.7 Å². The molecule has 1 aromatic rings. The maximum Gasteiger partial charge on any atom is 0.252 e. The Labute approximate surface area is 144 Å². The van der Waals surface area contributed by atoms with Crippen molar-refractivity contribution >= 4 is 44.8 Å². The van der Waals surface area contributed by atoms with Gasteiger partial charge in [-0.15, -0.1) is 11.3 Å². The maximum absolute atomic E-state index is 12.4. The summed E-state index contributed by atoms with van der Waals surface area (Å²) in [6, 6.07) is 2.91. The van der Waals surface area contributed by atoms with Gasteiger partial charge in [0, 0.05) is 20.1 Å². The zero-order valence-electron chi connectivity index (χ0n) is 12.6. The quantitative estimate of drug-likeness (QED) is 0.815. The van der Waals surface area contributed by atoms with E-state index in [1.807, 2.05) is 0 Å². The van der Waals surface area contributed by atoms with Crippen LogP contribution in [-0.2, 0) is 19.6 Å². The summed E-state index contributed by atoms with van der Waals surface area (Å²) in [4.78, 5) is 25.1. The average Bonchev–Trinajstić information content (AvgIpc) is 2.94. The molecule has 2 heterocycles. The molecule has 1 aliphatic rings. The minimum atomic E-state index is -3.75. The second kappa shape index (κ2) is 7.16. The van der Waals surface area contributed by atoms with Gasteiger partial charge in [0.15, 0.2) is 0 Å². The Hall–Kier alpha value is -1.16. The molecule has 2 amide bonds. The molecule has 2 rings (SSSR count). The molecule has 0 unspecified atom stereocenters. The minimum absolute atomic E-state index is 0.0893. The van der Waals surface area contributed by atoms with E-state index in [2.05, 4.69) is 0 Å². The number of rotatable bonds is 5. The van der Waals surface area contributed by atoms with Crippen LogP contribution in [0.3, 0.4) is 0 Å². The van der Waals surface area contributed by atoms with Crippen molar-refractivity contribution in [1.29, 1.82) is 0 Å². The van der Waals surface area contributed by atoms with Crippen molar-refractivity contribution in [2.24, 2.45) is 11.7 Å². The summed E-state index contributed by atoms with van der Waals surface area (Å²) < 4.78 is 26.2. The van der Waals surface area contributed by atoms with Gasteiger partial charge in [0.05, 0.1) is 16.8 Å². The molecule has 7 nitrogen and oxygen atoms in total. The van der Waals surface area contributed by atoms with Crippen LogP contribution in [-0.4, -0.2) is 56.1 Å². The first-order valence-electron chi connectivity index (χ1n) is 7.00. The third-order valence-corrected chi connectivity index (χ3v) is 7.25. The van der Waals surface area contributed by atoms with Crippen LogP contribution in [0.1, 0.15) is 12.8 Å². The third kappa shape index (κ3) is 4.23. The van der Waals surface area contributed by atoms with Crippen molar-refractivity contribution in [3.63, 3.8) is 0 Å². The fourth-order valence-electron chi connectivity index (χ4n) is 2.40. The van der Waals surface area contributed by atoms with E-state index in [4.69, 9.17) is 17.3 Å². The van der Waals surface area contributed by atoms with E-state index in [0.717, 1.165) is 15.6 Å². The number of carbonyl (C=O) groups is 2. The molecule has 23 heavy (non-hydrogen) atoms. The molecular formula is C13H18ClN3O4S2. The molecule has 1 atom stereocenters. The molecule has 1 saturated heterocycles. The van der Waals surface area contributed by atoms with Gasteiger partial charge in [0.1, 0.15) is 4.21 Å². The van der Waals surface area contributed by atoms with Gasteiger partial charge >= 0.3 is 0 Å². The highest BCUT2D eigenvalue weighted by Crippen LogP contribution is 2.27. The fourth-order valence-corrected chi connectivity index (χ4v) is 5.22. The van der Waals surface area contributed by atoms with Crippen LogP contribution in [0.25, 0.3) is 0 Å². The number of likely N-dealkylation sites (N-methyl/N-ethyl adjacent to an activating group) is 1. The number of piperidine rings is 1. The van der Waals surface area contributed by atoms with Gasteiger partial charge in [0.25, 0.3) is 10.0 Å². The minimum Gasteiger partial charge on any atom is -0.369 e. The zero-order chi connectivity index (χ0) is 17.2. The van der Waals surface area contributed by atoms with Crippen molar-refractivity contribution in [1.82, 2.24) is 9.21 Å². The zero-order valence-corrected chi connectivity index (χ0v) is 15.0. The molecule has 128 valence electrons. The van der Waals surface area contributed by atoms with E-state index in [-0.39, 0.29) is 29.1 Å². The number of nitrogens with two attached hydrogens (primary N) is 1. The lowest BCUT2D eigenvalue weighted by molar-refractivity contribution is -0.134. The number of amides is 2.